The van der Waals surface area contributed by atoms with Crippen LogP contribution in [-0.2, 0) is 14.8 Å². The Labute approximate surface area is 158 Å². The van der Waals surface area contributed by atoms with Crippen LogP contribution in [0.3, 0.4) is 0 Å². The molecule has 6 nitrogen and oxygen atoms in total. The van der Waals surface area contributed by atoms with Crippen molar-refractivity contribution in [2.45, 2.75) is 18.7 Å². The molecule has 0 fully saturated rings. The van der Waals surface area contributed by atoms with Crippen LogP contribution in [-0.4, -0.2) is 19.3 Å². The van der Waals surface area contributed by atoms with E-state index in [0.717, 1.165) is 16.8 Å². The number of hydrogen-bond donors (Lipinski definition) is 2. The Morgan fingerprint density at radius 1 is 0.889 bits per heavy atom. The third-order valence-electron chi connectivity index (χ3n) is 3.83. The van der Waals surface area contributed by atoms with Gasteiger partial charge in [0, 0.05) is 18.3 Å². The quantitative estimate of drug-likeness (QED) is 0.703. The summed E-state index contributed by atoms with van der Waals surface area (Å²) in [5.74, 6) is 0.153. The molecule has 1 aromatic heterocycles. The Bertz CT molecular complexity index is 1060. The van der Waals surface area contributed by atoms with Crippen LogP contribution in [0, 0.1) is 6.92 Å². The summed E-state index contributed by atoms with van der Waals surface area (Å²) >= 11 is 0. The largest absolute Gasteiger partial charge is 0.326 e. The molecular formula is C20H19N3O3S. The Morgan fingerprint density at radius 3 is 2.04 bits per heavy atom. The zero-order valence-electron chi connectivity index (χ0n) is 14.9. The Hall–Kier alpha value is -3.19. The number of rotatable bonds is 5. The van der Waals surface area contributed by atoms with Gasteiger partial charge in [-0.3, -0.25) is 9.52 Å². The fourth-order valence-electron chi connectivity index (χ4n) is 2.57. The minimum atomic E-state index is -3.71. The molecule has 2 aromatic carbocycles. The van der Waals surface area contributed by atoms with Gasteiger partial charge in [-0.15, -0.1) is 0 Å². The van der Waals surface area contributed by atoms with Gasteiger partial charge in [0.05, 0.1) is 4.90 Å². The maximum atomic E-state index is 12.5. The molecule has 3 rings (SSSR count). The molecule has 138 valence electrons. The van der Waals surface area contributed by atoms with Crippen molar-refractivity contribution in [2.24, 2.45) is 0 Å². The summed E-state index contributed by atoms with van der Waals surface area (Å²) in [6.45, 7) is 3.25. The SMILES string of the molecule is CC(=O)Nc1ccc(-c2ccc(S(=O)(=O)Nc3cccc(C)n3)cc2)cc1. The fourth-order valence-corrected chi connectivity index (χ4v) is 3.57. The van der Waals surface area contributed by atoms with Crippen LogP contribution >= 0.6 is 0 Å². The lowest BCUT2D eigenvalue weighted by Crippen LogP contribution is -2.14. The number of amides is 1. The fraction of sp³-hybridized carbons (Fsp3) is 0.100. The number of nitrogens with zero attached hydrogens (tertiary/aromatic N) is 1. The second-order valence-electron chi connectivity index (χ2n) is 6.05. The molecule has 1 heterocycles. The third kappa shape index (κ3) is 4.71. The lowest BCUT2D eigenvalue weighted by Gasteiger charge is -2.09. The van der Waals surface area contributed by atoms with Crippen LogP contribution in [0.2, 0.25) is 0 Å². The highest BCUT2D eigenvalue weighted by Crippen LogP contribution is 2.24. The summed E-state index contributed by atoms with van der Waals surface area (Å²) in [5.41, 5.74) is 3.23. The van der Waals surface area contributed by atoms with E-state index in [1.54, 1.807) is 61.5 Å². The van der Waals surface area contributed by atoms with Gasteiger partial charge >= 0.3 is 0 Å². The minimum absolute atomic E-state index is 0.132. The summed E-state index contributed by atoms with van der Waals surface area (Å²) in [6.07, 6.45) is 0. The molecule has 0 spiro atoms. The van der Waals surface area contributed by atoms with Crippen molar-refractivity contribution in [3.63, 3.8) is 0 Å². The van der Waals surface area contributed by atoms with Crippen LogP contribution in [0.25, 0.3) is 11.1 Å². The van der Waals surface area contributed by atoms with Crippen LogP contribution < -0.4 is 10.0 Å². The number of carbonyl (C=O) groups excluding carboxylic acids is 1. The van der Waals surface area contributed by atoms with Crippen molar-refractivity contribution in [1.29, 1.82) is 0 Å². The van der Waals surface area contributed by atoms with E-state index in [9.17, 15) is 13.2 Å². The normalized spacial score (nSPS) is 11.0. The van der Waals surface area contributed by atoms with E-state index in [1.807, 2.05) is 12.1 Å². The summed E-state index contributed by atoms with van der Waals surface area (Å²) in [7, 11) is -3.71. The minimum Gasteiger partial charge on any atom is -0.326 e. The summed E-state index contributed by atoms with van der Waals surface area (Å²) in [4.78, 5) is 15.4. The van der Waals surface area contributed by atoms with Crippen molar-refractivity contribution < 1.29 is 13.2 Å². The highest BCUT2D eigenvalue weighted by atomic mass is 32.2. The van der Waals surface area contributed by atoms with Gasteiger partial charge in [0.1, 0.15) is 5.82 Å². The molecule has 0 unspecified atom stereocenters. The molecule has 3 aromatic rings. The van der Waals surface area contributed by atoms with Gasteiger partial charge in [0.15, 0.2) is 0 Å². The second kappa shape index (κ2) is 7.59. The molecular weight excluding hydrogens is 362 g/mol. The first-order chi connectivity index (χ1) is 12.8. The molecule has 0 aliphatic carbocycles. The Balaban J connectivity index is 1.79. The first-order valence-corrected chi connectivity index (χ1v) is 9.76. The third-order valence-corrected chi connectivity index (χ3v) is 5.20. The average Bonchev–Trinajstić information content (AvgIpc) is 2.62. The first-order valence-electron chi connectivity index (χ1n) is 8.28. The molecule has 7 heteroatoms. The maximum absolute atomic E-state index is 12.5. The highest BCUT2D eigenvalue weighted by Gasteiger charge is 2.15. The topological polar surface area (TPSA) is 88.2 Å². The van der Waals surface area contributed by atoms with Gasteiger partial charge in [0.2, 0.25) is 5.91 Å². The number of pyridine rings is 1. The maximum Gasteiger partial charge on any atom is 0.263 e. The van der Waals surface area contributed by atoms with E-state index in [4.69, 9.17) is 0 Å². The molecule has 0 aliphatic heterocycles. The smallest absolute Gasteiger partial charge is 0.263 e. The van der Waals surface area contributed by atoms with E-state index in [0.29, 0.717) is 5.69 Å². The van der Waals surface area contributed by atoms with Crippen molar-refractivity contribution in [1.82, 2.24) is 4.98 Å². The summed E-state index contributed by atoms with van der Waals surface area (Å²) < 4.78 is 27.5. The number of aryl methyl sites for hydroxylation is 1. The number of nitrogens with one attached hydrogen (secondary N) is 2. The molecule has 0 radical (unpaired) electrons. The average molecular weight is 381 g/mol. The van der Waals surface area contributed by atoms with Crippen LogP contribution in [0.15, 0.2) is 71.6 Å². The van der Waals surface area contributed by atoms with E-state index < -0.39 is 10.0 Å². The monoisotopic (exact) mass is 381 g/mol. The first kappa shape index (κ1) is 18.6. The Morgan fingerprint density at radius 2 is 1.48 bits per heavy atom. The number of sulfonamides is 1. The molecule has 0 saturated carbocycles. The van der Waals surface area contributed by atoms with Gasteiger partial charge in [-0.1, -0.05) is 30.3 Å². The standard InChI is InChI=1S/C20H19N3O3S/c1-14-4-3-5-20(21-14)23-27(25,26)19-12-8-17(9-13-19)16-6-10-18(11-7-16)22-15(2)24/h3-13H,1-2H3,(H,21,23)(H,22,24). The van der Waals surface area contributed by atoms with Crippen molar-refractivity contribution in [3.05, 3.63) is 72.4 Å². The number of aromatic nitrogens is 1. The predicted octanol–water partition coefficient (Wildman–Crippen LogP) is 3.82. The van der Waals surface area contributed by atoms with E-state index in [-0.39, 0.29) is 16.6 Å². The van der Waals surface area contributed by atoms with Crippen LogP contribution in [0.5, 0.6) is 0 Å². The summed E-state index contributed by atoms with van der Waals surface area (Å²) in [5, 5.41) is 2.71. The van der Waals surface area contributed by atoms with Gasteiger partial charge in [-0.05, 0) is 54.4 Å². The molecule has 27 heavy (non-hydrogen) atoms. The van der Waals surface area contributed by atoms with Gasteiger partial charge in [0.25, 0.3) is 10.0 Å². The van der Waals surface area contributed by atoms with E-state index >= 15 is 0 Å². The molecule has 0 aliphatic rings. The second-order valence-corrected chi connectivity index (χ2v) is 7.74. The highest BCUT2D eigenvalue weighted by molar-refractivity contribution is 7.92. The van der Waals surface area contributed by atoms with Crippen LogP contribution in [0.1, 0.15) is 12.6 Å². The van der Waals surface area contributed by atoms with Crippen LogP contribution in [0.4, 0.5) is 11.5 Å². The number of carbonyl (C=O) groups is 1. The molecule has 2 N–H and O–H groups in total. The number of hydrogen-bond acceptors (Lipinski definition) is 4. The van der Waals surface area contributed by atoms with Crippen molar-refractivity contribution in [2.75, 3.05) is 10.0 Å². The van der Waals surface area contributed by atoms with E-state index in [1.165, 1.54) is 6.92 Å². The van der Waals surface area contributed by atoms with Gasteiger partial charge < -0.3 is 5.32 Å². The zero-order valence-corrected chi connectivity index (χ0v) is 15.7. The number of benzene rings is 2. The molecule has 0 atom stereocenters. The summed E-state index contributed by atoms with van der Waals surface area (Å²) in [6, 6.07) is 19.1. The lowest BCUT2D eigenvalue weighted by molar-refractivity contribution is -0.114. The zero-order chi connectivity index (χ0) is 19.4. The molecule has 1 amide bonds. The molecule has 0 bridgehead atoms. The van der Waals surface area contributed by atoms with Crippen molar-refractivity contribution >= 4 is 27.4 Å². The van der Waals surface area contributed by atoms with Gasteiger partial charge in [-0.2, -0.15) is 0 Å². The lowest BCUT2D eigenvalue weighted by atomic mass is 10.1. The van der Waals surface area contributed by atoms with E-state index in [2.05, 4.69) is 15.0 Å². The predicted molar refractivity (Wildman–Crippen MR) is 106 cm³/mol. The molecule has 0 saturated heterocycles. The Kier molecular flexibility index (Phi) is 5.23. The van der Waals surface area contributed by atoms with Gasteiger partial charge in [-0.25, -0.2) is 13.4 Å². The van der Waals surface area contributed by atoms with Crippen molar-refractivity contribution in [3.8, 4) is 11.1 Å². The number of anilines is 2.